The molecule has 5 heterocycles. The van der Waals surface area contributed by atoms with E-state index < -0.39 is 6.10 Å². The van der Waals surface area contributed by atoms with Crippen LogP contribution in [0.2, 0.25) is 0 Å². The lowest BCUT2D eigenvalue weighted by Crippen LogP contribution is -2.58. The number of aromatic nitrogens is 6. The van der Waals surface area contributed by atoms with E-state index in [1.165, 1.54) is 6.92 Å². The highest BCUT2D eigenvalue weighted by atomic mass is 16.5. The molecule has 4 aromatic rings. The molecule has 2 fully saturated rings. The fraction of sp³-hybridized carbons (Fsp3) is 0.480. The van der Waals surface area contributed by atoms with Gasteiger partial charge in [-0.1, -0.05) is 19.1 Å². The lowest BCUT2D eigenvalue weighted by atomic mass is 10.1. The van der Waals surface area contributed by atoms with Gasteiger partial charge in [-0.2, -0.15) is 15.0 Å². The van der Waals surface area contributed by atoms with Crippen molar-refractivity contribution in [2.24, 2.45) is 7.05 Å². The van der Waals surface area contributed by atoms with Gasteiger partial charge in [0.05, 0.1) is 37.3 Å². The standard InChI is InChI=1S/C25H30N8O4/c1-4-19-26-17-7-5-6-8-18(17)33(19)24-28-21-20(22(29-24)31-9-11-36-12-10-31)27-25(30(21)3)37-16-13-32(14-16)23(35)15(2)34/h5-8,15-16,34H,4,9-14H2,1-3H3/t15-/m0/s1. The minimum Gasteiger partial charge on any atom is -0.458 e. The van der Waals surface area contributed by atoms with E-state index in [0.29, 0.717) is 62.5 Å². The van der Waals surface area contributed by atoms with E-state index in [1.807, 2.05) is 40.4 Å². The van der Waals surface area contributed by atoms with Crippen LogP contribution in [-0.2, 0) is 23.0 Å². The molecule has 0 bridgehead atoms. The summed E-state index contributed by atoms with van der Waals surface area (Å²) in [6, 6.07) is 8.40. The van der Waals surface area contributed by atoms with E-state index in [9.17, 15) is 9.90 Å². The molecule has 1 atom stereocenters. The summed E-state index contributed by atoms with van der Waals surface area (Å²) in [6.45, 7) is 6.96. The number of aryl methyl sites for hydroxylation is 2. The summed E-state index contributed by atoms with van der Waals surface area (Å²) in [5, 5.41) is 9.55. The predicted octanol–water partition coefficient (Wildman–Crippen LogP) is 1.07. The number of hydrogen-bond donors (Lipinski definition) is 1. The van der Waals surface area contributed by atoms with Crippen molar-refractivity contribution >= 4 is 33.9 Å². The van der Waals surface area contributed by atoms with Crippen molar-refractivity contribution in [1.29, 1.82) is 0 Å². The van der Waals surface area contributed by atoms with Gasteiger partial charge >= 0.3 is 0 Å². The zero-order valence-electron chi connectivity index (χ0n) is 21.2. The molecule has 12 nitrogen and oxygen atoms in total. The number of rotatable bonds is 6. The molecule has 0 spiro atoms. The van der Waals surface area contributed by atoms with Crippen LogP contribution in [0.15, 0.2) is 24.3 Å². The Morgan fingerprint density at radius 2 is 1.92 bits per heavy atom. The first-order valence-electron chi connectivity index (χ1n) is 12.6. The second-order valence-electron chi connectivity index (χ2n) is 9.44. The first-order chi connectivity index (χ1) is 17.9. The van der Waals surface area contributed by atoms with Crippen LogP contribution in [0.5, 0.6) is 6.01 Å². The van der Waals surface area contributed by atoms with Crippen molar-refractivity contribution in [3.05, 3.63) is 30.1 Å². The maximum Gasteiger partial charge on any atom is 0.298 e. The number of aliphatic hydroxyl groups is 1. The van der Waals surface area contributed by atoms with Crippen molar-refractivity contribution in [2.45, 2.75) is 32.5 Å². The van der Waals surface area contributed by atoms with Crippen molar-refractivity contribution in [2.75, 3.05) is 44.3 Å². The van der Waals surface area contributed by atoms with Gasteiger partial charge in [0.15, 0.2) is 17.0 Å². The number of carbonyl (C=O) groups is 1. The molecule has 0 saturated carbocycles. The lowest BCUT2D eigenvalue weighted by molar-refractivity contribution is -0.148. The second-order valence-corrected chi connectivity index (χ2v) is 9.44. The number of anilines is 1. The minimum absolute atomic E-state index is 0.207. The Balaban J connectivity index is 1.42. The SMILES string of the molecule is CCc1nc2ccccc2n1-c1nc(N2CCOCC2)c2nc(OC3CN(C(=O)[C@H](C)O)C3)n(C)c2n1. The number of imidazole rings is 2. The summed E-state index contributed by atoms with van der Waals surface area (Å²) in [4.78, 5) is 35.3. The molecule has 0 radical (unpaired) electrons. The molecule has 1 aromatic carbocycles. The molecular formula is C25H30N8O4. The Hall–Kier alpha value is -3.77. The Morgan fingerprint density at radius 3 is 2.65 bits per heavy atom. The van der Waals surface area contributed by atoms with Crippen molar-refractivity contribution < 1.29 is 19.4 Å². The number of ether oxygens (including phenoxy) is 2. The van der Waals surface area contributed by atoms with Crippen LogP contribution in [0.4, 0.5) is 5.82 Å². The molecule has 1 amide bonds. The number of morpholine rings is 1. The van der Waals surface area contributed by atoms with Crippen LogP contribution >= 0.6 is 0 Å². The minimum atomic E-state index is -1.02. The molecule has 2 aliphatic rings. The fourth-order valence-corrected chi connectivity index (χ4v) is 4.86. The van der Waals surface area contributed by atoms with Crippen LogP contribution in [0.1, 0.15) is 19.7 Å². The zero-order valence-corrected chi connectivity index (χ0v) is 21.2. The number of aliphatic hydroxyl groups excluding tert-OH is 1. The number of nitrogens with zero attached hydrogens (tertiary/aromatic N) is 8. The van der Waals surface area contributed by atoms with E-state index in [-0.39, 0.29) is 12.0 Å². The van der Waals surface area contributed by atoms with Gasteiger partial charge in [-0.3, -0.25) is 13.9 Å². The number of amides is 1. The molecule has 194 valence electrons. The number of benzene rings is 1. The number of para-hydroxylation sites is 2. The predicted molar refractivity (Wildman–Crippen MR) is 136 cm³/mol. The monoisotopic (exact) mass is 506 g/mol. The summed E-state index contributed by atoms with van der Waals surface area (Å²) >= 11 is 0. The lowest BCUT2D eigenvalue weighted by Gasteiger charge is -2.39. The van der Waals surface area contributed by atoms with E-state index in [1.54, 1.807) is 4.90 Å². The smallest absolute Gasteiger partial charge is 0.298 e. The normalized spacial score (nSPS) is 17.4. The molecular weight excluding hydrogens is 476 g/mol. The van der Waals surface area contributed by atoms with Crippen LogP contribution in [0.3, 0.4) is 0 Å². The van der Waals surface area contributed by atoms with Crippen LogP contribution < -0.4 is 9.64 Å². The average Bonchev–Trinajstić information content (AvgIpc) is 3.42. The molecule has 12 heteroatoms. The highest BCUT2D eigenvalue weighted by molar-refractivity contribution is 5.86. The first-order valence-corrected chi connectivity index (χ1v) is 12.6. The Labute approximate surface area is 213 Å². The Kier molecular flexibility index (Phi) is 5.92. The van der Waals surface area contributed by atoms with Gasteiger partial charge < -0.3 is 24.4 Å². The van der Waals surface area contributed by atoms with Crippen LogP contribution in [0, 0.1) is 0 Å². The zero-order chi connectivity index (χ0) is 25.7. The van der Waals surface area contributed by atoms with E-state index in [0.717, 1.165) is 29.1 Å². The Bertz CT molecular complexity index is 1470. The summed E-state index contributed by atoms with van der Waals surface area (Å²) in [5.41, 5.74) is 3.15. The van der Waals surface area contributed by atoms with Gasteiger partial charge in [-0.15, -0.1) is 0 Å². The summed E-state index contributed by atoms with van der Waals surface area (Å²) in [5.74, 6) is 1.85. The highest BCUT2D eigenvalue weighted by Crippen LogP contribution is 2.31. The number of carbonyl (C=O) groups excluding carboxylic acids is 1. The second kappa shape index (κ2) is 9.27. The van der Waals surface area contributed by atoms with Gasteiger partial charge in [0.25, 0.3) is 11.9 Å². The topological polar surface area (TPSA) is 124 Å². The quantitative estimate of drug-likeness (QED) is 0.409. The van der Waals surface area contributed by atoms with Gasteiger partial charge in [-0.25, -0.2) is 4.98 Å². The third-order valence-electron chi connectivity index (χ3n) is 6.89. The highest BCUT2D eigenvalue weighted by Gasteiger charge is 2.35. The molecule has 1 N–H and O–H groups in total. The Morgan fingerprint density at radius 1 is 1.16 bits per heavy atom. The summed E-state index contributed by atoms with van der Waals surface area (Å²) in [7, 11) is 1.87. The molecule has 6 rings (SSSR count). The average molecular weight is 507 g/mol. The summed E-state index contributed by atoms with van der Waals surface area (Å²) < 4.78 is 15.6. The van der Waals surface area contributed by atoms with Gasteiger partial charge in [0.2, 0.25) is 5.95 Å². The molecule has 37 heavy (non-hydrogen) atoms. The van der Waals surface area contributed by atoms with Crippen LogP contribution in [0.25, 0.3) is 28.1 Å². The van der Waals surface area contributed by atoms with Gasteiger partial charge in [-0.05, 0) is 19.1 Å². The molecule has 0 aliphatic carbocycles. The maximum atomic E-state index is 12.0. The van der Waals surface area contributed by atoms with Crippen molar-refractivity contribution in [3.63, 3.8) is 0 Å². The van der Waals surface area contributed by atoms with Crippen molar-refractivity contribution in [3.8, 4) is 12.0 Å². The molecule has 3 aromatic heterocycles. The number of likely N-dealkylation sites (tertiary alicyclic amines) is 1. The fourth-order valence-electron chi connectivity index (χ4n) is 4.86. The largest absolute Gasteiger partial charge is 0.458 e. The van der Waals surface area contributed by atoms with Crippen molar-refractivity contribution in [1.82, 2.24) is 34.0 Å². The first kappa shape index (κ1) is 23.6. The molecule has 2 saturated heterocycles. The van der Waals surface area contributed by atoms with E-state index >= 15 is 0 Å². The maximum absolute atomic E-state index is 12.0. The van der Waals surface area contributed by atoms with Crippen LogP contribution in [-0.4, -0.2) is 96.6 Å². The number of fused-ring (bicyclic) bond motifs is 2. The van der Waals surface area contributed by atoms with E-state index in [4.69, 9.17) is 29.4 Å². The molecule has 0 unspecified atom stereocenters. The summed E-state index contributed by atoms with van der Waals surface area (Å²) in [6.07, 6.45) is -0.498. The third-order valence-corrected chi connectivity index (χ3v) is 6.89. The molecule has 2 aliphatic heterocycles. The number of hydrogen-bond acceptors (Lipinski definition) is 9. The van der Waals surface area contributed by atoms with Gasteiger partial charge in [0, 0.05) is 26.6 Å². The third kappa shape index (κ3) is 4.05. The van der Waals surface area contributed by atoms with E-state index in [2.05, 4.69) is 11.8 Å². The van der Waals surface area contributed by atoms with Gasteiger partial charge in [0.1, 0.15) is 18.0 Å².